The van der Waals surface area contributed by atoms with E-state index in [0.29, 0.717) is 17.8 Å². The number of hydrogen-bond donors (Lipinski definition) is 8. The van der Waals surface area contributed by atoms with E-state index in [9.17, 15) is 38.3 Å². The van der Waals surface area contributed by atoms with Gasteiger partial charge in [0.2, 0.25) is 23.6 Å². The fourth-order valence-corrected chi connectivity index (χ4v) is 7.28. The van der Waals surface area contributed by atoms with Gasteiger partial charge in [-0.2, -0.15) is 0 Å². The van der Waals surface area contributed by atoms with E-state index >= 15 is 4.39 Å². The number of nitrogens with zero attached hydrogens (tertiary/aromatic N) is 2. The maximum atomic E-state index is 15.0. The number of rotatable bonds is 23. The number of halogens is 2. The summed E-state index contributed by atoms with van der Waals surface area (Å²) in [5, 5.41) is 34.6. The first-order chi connectivity index (χ1) is 27.8. The SMILES string of the molecule is CC(C)(C)[C@H](c1cc(-c2cc(F)ccc2F)cn1Cc1ccccc1)N(CC[C@H](N)C(=O)NCCC(=O)NCCNC(=O)C(CC(=O)O)SC[C@H](N)C(=O)O)C(=O)CO. The monoisotopic (exact) mass is 845 g/mol. The van der Waals surface area contributed by atoms with Crippen molar-refractivity contribution in [1.82, 2.24) is 25.4 Å². The van der Waals surface area contributed by atoms with Crippen molar-refractivity contribution in [2.75, 3.05) is 38.5 Å². The molecule has 59 heavy (non-hydrogen) atoms. The summed E-state index contributed by atoms with van der Waals surface area (Å²) in [6.07, 6.45) is 0.940. The van der Waals surface area contributed by atoms with E-state index in [4.69, 9.17) is 21.7 Å². The van der Waals surface area contributed by atoms with E-state index in [2.05, 4.69) is 16.0 Å². The summed E-state index contributed by atoms with van der Waals surface area (Å²) in [6.45, 7) is 4.91. The summed E-state index contributed by atoms with van der Waals surface area (Å²) in [5.74, 6) is -6.38. The van der Waals surface area contributed by atoms with Crippen LogP contribution in [-0.2, 0) is 35.3 Å². The van der Waals surface area contributed by atoms with Crippen LogP contribution in [-0.4, -0.2) is 116 Å². The summed E-state index contributed by atoms with van der Waals surface area (Å²) in [4.78, 5) is 74.8. The molecule has 0 spiro atoms. The molecule has 1 heterocycles. The van der Waals surface area contributed by atoms with Gasteiger partial charge in [-0.05, 0) is 41.7 Å². The predicted octanol–water partition coefficient (Wildman–Crippen LogP) is 1.83. The molecule has 0 saturated heterocycles. The molecule has 0 bridgehead atoms. The molecule has 2 aromatic carbocycles. The molecular weight excluding hydrogens is 793 g/mol. The molecule has 19 heteroatoms. The summed E-state index contributed by atoms with van der Waals surface area (Å²) >= 11 is 0.795. The van der Waals surface area contributed by atoms with Crippen molar-refractivity contribution in [3.63, 3.8) is 0 Å². The number of thioether (sulfide) groups is 1. The number of amides is 4. The predicted molar refractivity (Wildman–Crippen MR) is 217 cm³/mol. The number of benzene rings is 2. The second-order valence-corrected chi connectivity index (χ2v) is 16.1. The van der Waals surface area contributed by atoms with Gasteiger partial charge in [-0.3, -0.25) is 28.8 Å². The van der Waals surface area contributed by atoms with Crippen molar-refractivity contribution in [2.24, 2.45) is 16.9 Å². The first-order valence-corrected chi connectivity index (χ1v) is 19.9. The highest BCUT2D eigenvalue weighted by molar-refractivity contribution is 8.00. The second kappa shape index (κ2) is 22.7. The quantitative estimate of drug-likeness (QED) is 0.0637. The molecule has 0 saturated carbocycles. The Bertz CT molecular complexity index is 1930. The lowest BCUT2D eigenvalue weighted by atomic mass is 9.82. The summed E-state index contributed by atoms with van der Waals surface area (Å²) in [5.41, 5.74) is 12.9. The van der Waals surface area contributed by atoms with Gasteiger partial charge in [0, 0.05) is 67.9 Å². The van der Waals surface area contributed by atoms with Gasteiger partial charge in [-0.15, -0.1) is 11.8 Å². The molecule has 322 valence electrons. The van der Waals surface area contributed by atoms with Gasteiger partial charge in [-0.1, -0.05) is 51.1 Å². The third-order valence-corrected chi connectivity index (χ3v) is 10.4. The number of carbonyl (C=O) groups is 6. The zero-order valence-electron chi connectivity index (χ0n) is 33.2. The van der Waals surface area contributed by atoms with E-state index in [0.717, 1.165) is 35.5 Å². The fourth-order valence-electron chi connectivity index (χ4n) is 6.21. The summed E-state index contributed by atoms with van der Waals surface area (Å²) in [7, 11) is 0. The van der Waals surface area contributed by atoms with Gasteiger partial charge in [0.05, 0.1) is 23.8 Å². The Morgan fingerprint density at radius 3 is 2.17 bits per heavy atom. The zero-order valence-corrected chi connectivity index (χ0v) is 34.0. The Balaban J connectivity index is 1.64. The van der Waals surface area contributed by atoms with Gasteiger partial charge in [0.25, 0.3) is 0 Å². The molecule has 1 aromatic heterocycles. The highest BCUT2D eigenvalue weighted by Gasteiger charge is 2.37. The van der Waals surface area contributed by atoms with Gasteiger partial charge >= 0.3 is 11.9 Å². The molecule has 3 rings (SSSR count). The lowest BCUT2D eigenvalue weighted by Gasteiger charge is -2.41. The minimum Gasteiger partial charge on any atom is -0.481 e. The number of aromatic nitrogens is 1. The van der Waals surface area contributed by atoms with Crippen molar-refractivity contribution in [2.45, 2.75) is 70.0 Å². The number of carbonyl (C=O) groups excluding carboxylic acids is 4. The Hall–Kier alpha value is -5.37. The maximum Gasteiger partial charge on any atom is 0.321 e. The Labute approximate surface area is 345 Å². The number of aliphatic hydroxyl groups excluding tert-OH is 1. The number of nitrogens with one attached hydrogen (secondary N) is 3. The van der Waals surface area contributed by atoms with E-state index in [1.807, 2.05) is 55.7 Å². The molecular formula is C40H53F2N7O9S. The van der Waals surface area contributed by atoms with Crippen LogP contribution in [0.3, 0.4) is 0 Å². The van der Waals surface area contributed by atoms with Gasteiger partial charge in [-0.25, -0.2) is 8.78 Å². The van der Waals surface area contributed by atoms with Crippen molar-refractivity contribution in [3.05, 3.63) is 83.7 Å². The number of hydrogen-bond acceptors (Lipinski definition) is 10. The van der Waals surface area contributed by atoms with Crippen LogP contribution in [0.1, 0.15) is 57.3 Å². The van der Waals surface area contributed by atoms with Crippen LogP contribution in [0.2, 0.25) is 0 Å². The average Bonchev–Trinajstić information content (AvgIpc) is 3.58. The van der Waals surface area contributed by atoms with Crippen LogP contribution in [0.5, 0.6) is 0 Å². The maximum absolute atomic E-state index is 15.0. The molecule has 0 fully saturated rings. The molecule has 4 amide bonds. The molecule has 0 aliphatic carbocycles. The van der Waals surface area contributed by atoms with Crippen molar-refractivity contribution in [1.29, 1.82) is 0 Å². The molecule has 0 aliphatic rings. The average molecular weight is 846 g/mol. The summed E-state index contributed by atoms with van der Waals surface area (Å²) < 4.78 is 31.2. The lowest BCUT2D eigenvalue weighted by molar-refractivity contribution is -0.140. The van der Waals surface area contributed by atoms with Crippen LogP contribution in [0, 0.1) is 17.0 Å². The van der Waals surface area contributed by atoms with Gasteiger partial charge in [0.1, 0.15) is 24.3 Å². The molecule has 0 radical (unpaired) electrons. The topological polar surface area (TPSA) is 259 Å². The lowest BCUT2D eigenvalue weighted by Crippen LogP contribution is -2.48. The van der Waals surface area contributed by atoms with E-state index < -0.39 is 89.0 Å². The number of carboxylic acids is 2. The molecule has 3 aromatic rings. The highest BCUT2D eigenvalue weighted by Crippen LogP contribution is 2.41. The van der Waals surface area contributed by atoms with Crippen LogP contribution < -0.4 is 27.4 Å². The minimum atomic E-state index is -1.29. The van der Waals surface area contributed by atoms with Crippen LogP contribution in [0.4, 0.5) is 8.78 Å². The van der Waals surface area contributed by atoms with Crippen molar-refractivity contribution >= 4 is 47.3 Å². The largest absolute Gasteiger partial charge is 0.481 e. The Morgan fingerprint density at radius 2 is 1.54 bits per heavy atom. The van der Waals surface area contributed by atoms with Gasteiger partial charge < -0.3 is 52.2 Å². The molecule has 10 N–H and O–H groups in total. The number of carboxylic acid groups (broad SMARTS) is 2. The third-order valence-electron chi connectivity index (χ3n) is 9.09. The van der Waals surface area contributed by atoms with E-state index in [1.54, 1.807) is 12.3 Å². The third kappa shape index (κ3) is 15.1. The smallest absolute Gasteiger partial charge is 0.321 e. The van der Waals surface area contributed by atoms with Crippen LogP contribution in [0.25, 0.3) is 11.1 Å². The van der Waals surface area contributed by atoms with E-state index in [1.165, 1.54) is 4.90 Å². The van der Waals surface area contributed by atoms with Crippen LogP contribution >= 0.6 is 11.8 Å². The molecule has 1 unspecified atom stereocenters. The first-order valence-electron chi connectivity index (χ1n) is 18.8. The zero-order chi connectivity index (χ0) is 43.9. The normalized spacial score (nSPS) is 13.4. The number of aliphatic hydroxyl groups is 1. The van der Waals surface area contributed by atoms with Crippen molar-refractivity contribution in [3.8, 4) is 11.1 Å². The van der Waals surface area contributed by atoms with Crippen molar-refractivity contribution < 1.29 is 52.9 Å². The Kier molecular flexibility index (Phi) is 18.5. The second-order valence-electron chi connectivity index (χ2n) is 14.8. The standard InChI is InChI=1S/C40H53F2N7O9S/c1-40(2,3)36(31-17-25(27-18-26(41)9-10-28(27)42)21-48(31)20-24-7-5-4-6-8-24)49(34(52)22-50)16-12-29(43)37(55)46-13-11-33(51)45-14-15-47-38(56)32(19-35(53)54)59-23-30(44)39(57)58/h4-10,17-18,21,29-30,32,36,50H,11-16,19-20,22-23,43-44H2,1-3H3,(H,45,51)(H,46,55)(H,47,56)(H,53,54)(H,57,58)/t29-,30-,32?,36-/m0/s1. The molecule has 4 atom stereocenters. The number of nitrogens with two attached hydrogens (primary N) is 2. The van der Waals surface area contributed by atoms with Gasteiger partial charge in [0.15, 0.2) is 0 Å². The number of aliphatic carboxylic acids is 2. The Morgan fingerprint density at radius 1 is 0.881 bits per heavy atom. The molecule has 16 nitrogen and oxygen atoms in total. The first kappa shape index (κ1) is 48.0. The fraction of sp³-hybridized carbons (Fsp3) is 0.450. The highest BCUT2D eigenvalue weighted by atomic mass is 32.2. The minimum absolute atomic E-state index is 0.0196. The van der Waals surface area contributed by atoms with Crippen LogP contribution in [0.15, 0.2) is 60.8 Å². The summed E-state index contributed by atoms with van der Waals surface area (Å²) in [6, 6.07) is 11.1. The molecule has 0 aliphatic heterocycles. The van der Waals surface area contributed by atoms with E-state index in [-0.39, 0.29) is 50.3 Å².